The van der Waals surface area contributed by atoms with Crippen molar-refractivity contribution in [3.05, 3.63) is 206 Å². The Balaban J connectivity index is 0.000000624. The van der Waals surface area contributed by atoms with Crippen LogP contribution in [0.25, 0.3) is 55.0 Å². The van der Waals surface area contributed by atoms with Gasteiger partial charge in [0.05, 0.1) is 12.2 Å². The molecule has 310 valence electrons. The Morgan fingerprint density at radius 2 is 0.825 bits per heavy atom. The molecule has 11 rings (SSSR count). The van der Waals surface area contributed by atoms with Gasteiger partial charge in [-0.05, 0) is 20.3 Å². The Labute approximate surface area is 379 Å². The van der Waals surface area contributed by atoms with E-state index in [1.807, 2.05) is 12.1 Å². The molecule has 2 atom stereocenters. The predicted octanol–water partition coefficient (Wildman–Crippen LogP) is 9.66. The number of aromatic nitrogens is 2. The minimum absolute atomic E-state index is 0.0372. The van der Waals surface area contributed by atoms with E-state index in [1.165, 1.54) is 54.5 Å². The molecule has 2 unspecified atom stereocenters. The molecule has 1 fully saturated rings. The average molecular weight is 999 g/mol. The Hall–Kier alpha value is -6.43. The molecule has 3 heterocycles. The Kier molecular flexibility index (Phi) is 11.2. The fraction of sp³-hybridized carbons (Fsp3) is 0.0926. The van der Waals surface area contributed by atoms with Gasteiger partial charge in [-0.2, -0.15) is 0 Å². The van der Waals surface area contributed by atoms with Crippen LogP contribution in [0.3, 0.4) is 0 Å². The number of fused-ring (bicyclic) bond motifs is 6. The second-order valence-corrected chi connectivity index (χ2v) is 17.3. The summed E-state index contributed by atoms with van der Waals surface area (Å²) in [6.45, 7) is 3.23. The summed E-state index contributed by atoms with van der Waals surface area (Å²) in [5.74, 6) is 0. The average Bonchev–Trinajstić information content (AvgIpc) is 3.95. The summed E-state index contributed by atoms with van der Waals surface area (Å²) in [6.07, 6.45) is -0.278. The van der Waals surface area contributed by atoms with Crippen LogP contribution >= 0.6 is 0 Å². The van der Waals surface area contributed by atoms with Gasteiger partial charge in [-0.25, -0.2) is 0 Å². The zero-order chi connectivity index (χ0) is 43.0. The van der Waals surface area contributed by atoms with Crippen molar-refractivity contribution in [2.45, 2.75) is 32.5 Å². The molecule has 6 nitrogen and oxygen atoms in total. The molecule has 10 aromatic rings. The molecule has 0 radical (unpaired) electrons. The summed E-state index contributed by atoms with van der Waals surface area (Å²) in [5.41, 5.74) is 11.8. The van der Waals surface area contributed by atoms with E-state index in [0.717, 1.165) is 26.9 Å². The third-order valence-electron chi connectivity index (χ3n) is 12.0. The van der Waals surface area contributed by atoms with Gasteiger partial charge in [0.25, 0.3) is 0 Å². The van der Waals surface area contributed by atoms with Crippen LogP contribution in [-0.4, -0.2) is 49.2 Å². The van der Waals surface area contributed by atoms with Crippen molar-refractivity contribution in [3.8, 4) is 11.4 Å². The molecule has 1 saturated heterocycles. The fourth-order valence-electron chi connectivity index (χ4n) is 9.43. The number of nitrogens with zero attached hydrogens (tertiary/aromatic N) is 4. The fourth-order valence-corrected chi connectivity index (χ4v) is 10.6. The summed E-state index contributed by atoms with van der Waals surface area (Å²) in [5, 5.41) is 22.2. The van der Waals surface area contributed by atoms with Crippen molar-refractivity contribution in [2.24, 2.45) is 0 Å². The predicted molar refractivity (Wildman–Crippen MR) is 262 cm³/mol. The van der Waals surface area contributed by atoms with Crippen LogP contribution in [0.15, 0.2) is 200 Å². The van der Waals surface area contributed by atoms with E-state index in [4.69, 9.17) is 10.2 Å². The van der Waals surface area contributed by atoms with E-state index < -0.39 is 0 Å². The molecule has 9 heteroatoms. The standard InChI is InChI=1S/C49H33B2N4.C5H12O2.Pt/c1-3-15-38(16-4-1)52-35-53(39-17-5-2-6-18-39)51(37-29-33-41(34-30-37)55-48-25-13-9-21-44(48)45-22-10-14-26-49(45)55)50(52)36-27-31-40(32-28-36)54-46-23-11-7-19-42(46)43-20-8-12-24-47(43)54;1-4(6)3-5(2)7;/h1-17,19-34H;4-7H,3H2,1-2H3;/q-1;;. The van der Waals surface area contributed by atoms with Crippen LogP contribution in [0.2, 0.25) is 0 Å². The normalized spacial score (nSPS) is 13.9. The monoisotopic (exact) mass is 998 g/mol. The number of rotatable bonds is 8. The third-order valence-corrected chi connectivity index (χ3v) is 13.1. The van der Waals surface area contributed by atoms with E-state index in [0.29, 0.717) is 6.42 Å². The van der Waals surface area contributed by atoms with E-state index in [9.17, 15) is 0 Å². The zero-order valence-electron chi connectivity index (χ0n) is 35.1. The summed E-state index contributed by atoms with van der Waals surface area (Å²) in [4.78, 5) is 4.97. The number of aliphatic hydroxyl groups is 2. The first-order valence-corrected chi connectivity index (χ1v) is 22.6. The van der Waals surface area contributed by atoms with Gasteiger partial charge in [0.15, 0.2) is 0 Å². The molecule has 2 aromatic heterocycles. The number of para-hydroxylation sites is 6. The van der Waals surface area contributed by atoms with Gasteiger partial charge in [-0.15, -0.1) is 0 Å². The zero-order valence-corrected chi connectivity index (χ0v) is 37.3. The molecule has 1 aliphatic rings. The van der Waals surface area contributed by atoms with E-state index in [2.05, 4.69) is 232 Å². The van der Waals surface area contributed by atoms with Gasteiger partial charge in [0.1, 0.15) is 0 Å². The maximum absolute atomic E-state index is 8.56. The summed E-state index contributed by atoms with van der Waals surface area (Å²) >= 11 is 2.53. The number of aliphatic hydroxyl groups excluding tert-OH is 2. The van der Waals surface area contributed by atoms with Crippen LogP contribution in [0, 0.1) is 6.07 Å². The minimum atomic E-state index is -0.375. The molecule has 2 N–H and O–H groups in total. The Morgan fingerprint density at radius 3 is 1.21 bits per heavy atom. The van der Waals surface area contributed by atoms with Gasteiger partial charge in [-0.3, -0.25) is 0 Å². The molecular formula is C54H45B2N4O2Pt-. The Bertz CT molecular complexity index is 2880. The molecule has 0 saturated carbocycles. The van der Waals surface area contributed by atoms with Gasteiger partial charge in [-0.1, -0.05) is 0 Å². The molecule has 0 amide bonds. The van der Waals surface area contributed by atoms with Crippen molar-refractivity contribution < 1.29 is 29.6 Å². The van der Waals surface area contributed by atoms with E-state index in [1.54, 1.807) is 13.8 Å². The van der Waals surface area contributed by atoms with Crippen molar-refractivity contribution in [1.29, 1.82) is 0 Å². The second-order valence-electron chi connectivity index (χ2n) is 16.3. The van der Waals surface area contributed by atoms with Crippen LogP contribution in [0.1, 0.15) is 20.3 Å². The SMILES string of the molecule is CC(O)CC(C)O.[Pt]=[C]1N(c2[c-]cccc2)B(c2ccc(-n3c4ccccc4c4ccccc43)cc2)B(c2ccc(-n3c4ccccc4c4ccccc43)cc2)N1c1ccccc1. The maximum atomic E-state index is 8.56. The van der Waals surface area contributed by atoms with Crippen molar-refractivity contribution in [3.63, 3.8) is 0 Å². The summed E-state index contributed by atoms with van der Waals surface area (Å²) < 4.78 is 5.92. The number of hydrogen-bond acceptors (Lipinski definition) is 4. The van der Waals surface area contributed by atoms with Crippen molar-refractivity contribution >= 4 is 83.5 Å². The van der Waals surface area contributed by atoms with Crippen LogP contribution in [-0.2, 0) is 19.4 Å². The third kappa shape index (κ3) is 7.53. The summed E-state index contributed by atoms with van der Waals surface area (Å²) in [6, 6.07) is 76.1. The number of anilines is 2. The summed E-state index contributed by atoms with van der Waals surface area (Å²) in [7, 11) is 0. The number of hydrogen-bond donors (Lipinski definition) is 2. The first-order valence-electron chi connectivity index (χ1n) is 21.5. The van der Waals surface area contributed by atoms with Gasteiger partial charge >= 0.3 is 339 Å². The molecule has 0 bridgehead atoms. The quantitative estimate of drug-likeness (QED) is 0.118. The van der Waals surface area contributed by atoms with Crippen molar-refractivity contribution in [1.82, 2.24) is 9.13 Å². The van der Waals surface area contributed by atoms with Crippen LogP contribution in [0.5, 0.6) is 0 Å². The van der Waals surface area contributed by atoms with Gasteiger partial charge < -0.3 is 10.2 Å². The molecule has 63 heavy (non-hydrogen) atoms. The number of benzene rings is 8. The first-order chi connectivity index (χ1) is 30.9. The van der Waals surface area contributed by atoms with E-state index >= 15 is 0 Å². The molecule has 0 aliphatic carbocycles. The van der Waals surface area contributed by atoms with Crippen LogP contribution < -0.4 is 20.5 Å². The molecule has 1 aliphatic heterocycles. The van der Waals surface area contributed by atoms with Crippen LogP contribution in [0.4, 0.5) is 11.4 Å². The topological polar surface area (TPSA) is 56.8 Å². The van der Waals surface area contributed by atoms with E-state index in [-0.39, 0.29) is 25.7 Å². The van der Waals surface area contributed by atoms with Gasteiger partial charge in [0, 0.05) is 0 Å². The molecule has 8 aromatic carbocycles. The molecular weight excluding hydrogens is 953 g/mol. The van der Waals surface area contributed by atoms with Crippen molar-refractivity contribution in [2.75, 3.05) is 9.62 Å². The van der Waals surface area contributed by atoms with Gasteiger partial charge in [0.2, 0.25) is 0 Å². The Morgan fingerprint density at radius 1 is 0.444 bits per heavy atom. The second kappa shape index (κ2) is 17.4. The first kappa shape index (κ1) is 40.6. The molecule has 0 spiro atoms.